The molecule has 2 N–H and O–H groups in total. The van der Waals surface area contributed by atoms with Crippen LogP contribution < -0.4 is 15.4 Å². The summed E-state index contributed by atoms with van der Waals surface area (Å²) in [5.74, 6) is 1.05. The standard InChI is InChI=1S/C19H17ClN4O2/c1-26-16-7-5-13(6-8-16)10-22-18-12-21-17(11-23-18)19(25)24-15-4-2-3-14(20)9-15/h2-9,11-12H,10H2,1H3,(H,22,23)(H,24,25). The van der Waals surface area contributed by atoms with Crippen LogP contribution in [0.5, 0.6) is 5.75 Å². The maximum atomic E-state index is 12.2. The molecule has 0 aliphatic carbocycles. The fraction of sp³-hybridized carbons (Fsp3) is 0.105. The summed E-state index contributed by atoms with van der Waals surface area (Å²) >= 11 is 5.90. The number of hydrogen-bond donors (Lipinski definition) is 2. The van der Waals surface area contributed by atoms with Crippen LogP contribution in [0.15, 0.2) is 60.9 Å². The Labute approximate surface area is 156 Å². The molecule has 26 heavy (non-hydrogen) atoms. The summed E-state index contributed by atoms with van der Waals surface area (Å²) in [7, 11) is 1.63. The van der Waals surface area contributed by atoms with E-state index in [-0.39, 0.29) is 11.6 Å². The number of carbonyl (C=O) groups is 1. The van der Waals surface area contributed by atoms with Gasteiger partial charge in [-0.1, -0.05) is 29.8 Å². The molecule has 0 aliphatic heterocycles. The van der Waals surface area contributed by atoms with Crippen molar-refractivity contribution in [2.24, 2.45) is 0 Å². The summed E-state index contributed by atoms with van der Waals surface area (Å²) in [6.45, 7) is 0.590. The Hall–Kier alpha value is -3.12. The number of halogens is 1. The number of aromatic nitrogens is 2. The van der Waals surface area contributed by atoms with Gasteiger partial charge in [0, 0.05) is 17.3 Å². The molecule has 0 saturated heterocycles. The SMILES string of the molecule is COc1ccc(CNc2cnc(C(=O)Nc3cccc(Cl)c3)cn2)cc1. The molecular formula is C19H17ClN4O2. The van der Waals surface area contributed by atoms with Crippen LogP contribution in [-0.2, 0) is 6.54 Å². The highest BCUT2D eigenvalue weighted by molar-refractivity contribution is 6.30. The average Bonchev–Trinajstić information content (AvgIpc) is 2.67. The average molecular weight is 369 g/mol. The van der Waals surface area contributed by atoms with Crippen molar-refractivity contribution < 1.29 is 9.53 Å². The third kappa shape index (κ3) is 4.70. The van der Waals surface area contributed by atoms with Crippen molar-refractivity contribution in [3.8, 4) is 5.75 Å². The quantitative estimate of drug-likeness (QED) is 0.687. The highest BCUT2D eigenvalue weighted by Crippen LogP contribution is 2.16. The number of carbonyl (C=O) groups excluding carboxylic acids is 1. The fourth-order valence-electron chi connectivity index (χ4n) is 2.23. The highest BCUT2D eigenvalue weighted by atomic mass is 35.5. The van der Waals surface area contributed by atoms with Gasteiger partial charge in [-0.05, 0) is 35.9 Å². The smallest absolute Gasteiger partial charge is 0.275 e. The second-order valence-electron chi connectivity index (χ2n) is 5.45. The number of anilines is 2. The van der Waals surface area contributed by atoms with Crippen LogP contribution in [0.1, 0.15) is 16.1 Å². The lowest BCUT2D eigenvalue weighted by molar-refractivity contribution is 0.102. The Morgan fingerprint density at radius 1 is 1.12 bits per heavy atom. The van der Waals surface area contributed by atoms with E-state index in [1.807, 2.05) is 24.3 Å². The molecule has 132 valence electrons. The largest absolute Gasteiger partial charge is 0.497 e. The lowest BCUT2D eigenvalue weighted by atomic mass is 10.2. The van der Waals surface area contributed by atoms with Crippen LogP contribution in [0.3, 0.4) is 0 Å². The molecule has 6 nitrogen and oxygen atoms in total. The van der Waals surface area contributed by atoms with Crippen molar-refractivity contribution in [2.45, 2.75) is 6.54 Å². The molecule has 0 fully saturated rings. The Balaban J connectivity index is 1.57. The zero-order valence-electron chi connectivity index (χ0n) is 14.1. The first-order valence-corrected chi connectivity index (χ1v) is 8.27. The Kier molecular flexibility index (Phi) is 5.66. The van der Waals surface area contributed by atoms with Crippen molar-refractivity contribution >= 4 is 29.0 Å². The highest BCUT2D eigenvalue weighted by Gasteiger charge is 2.09. The van der Waals surface area contributed by atoms with Gasteiger partial charge < -0.3 is 15.4 Å². The Morgan fingerprint density at radius 2 is 1.92 bits per heavy atom. The van der Waals surface area contributed by atoms with E-state index in [0.717, 1.165) is 11.3 Å². The van der Waals surface area contributed by atoms with Gasteiger partial charge in [0.25, 0.3) is 5.91 Å². The molecule has 1 heterocycles. The fourth-order valence-corrected chi connectivity index (χ4v) is 2.42. The maximum Gasteiger partial charge on any atom is 0.275 e. The summed E-state index contributed by atoms with van der Waals surface area (Å²) in [6, 6.07) is 14.6. The molecule has 7 heteroatoms. The first-order chi connectivity index (χ1) is 12.6. The van der Waals surface area contributed by atoms with Gasteiger partial charge in [-0.25, -0.2) is 9.97 Å². The molecule has 3 rings (SSSR count). The molecule has 1 aromatic heterocycles. The summed E-state index contributed by atoms with van der Waals surface area (Å²) in [5.41, 5.74) is 1.90. The third-order valence-corrected chi connectivity index (χ3v) is 3.83. The number of amides is 1. The predicted octanol–water partition coefficient (Wildman–Crippen LogP) is 4.00. The van der Waals surface area contributed by atoms with Crippen molar-refractivity contribution in [1.82, 2.24) is 9.97 Å². The van der Waals surface area contributed by atoms with Crippen LogP contribution in [0.4, 0.5) is 11.5 Å². The van der Waals surface area contributed by atoms with Gasteiger partial charge in [-0.3, -0.25) is 4.79 Å². The molecule has 0 unspecified atom stereocenters. The van der Waals surface area contributed by atoms with Crippen LogP contribution in [0.25, 0.3) is 0 Å². The van der Waals surface area contributed by atoms with E-state index in [0.29, 0.717) is 23.1 Å². The number of ether oxygens (including phenoxy) is 1. The second kappa shape index (κ2) is 8.31. The van der Waals surface area contributed by atoms with E-state index in [4.69, 9.17) is 16.3 Å². The first-order valence-electron chi connectivity index (χ1n) is 7.90. The molecule has 0 aliphatic rings. The minimum Gasteiger partial charge on any atom is -0.497 e. The zero-order chi connectivity index (χ0) is 18.4. The van der Waals surface area contributed by atoms with Crippen LogP contribution in [-0.4, -0.2) is 23.0 Å². The van der Waals surface area contributed by atoms with Gasteiger partial charge in [-0.15, -0.1) is 0 Å². The minimum atomic E-state index is -0.346. The summed E-state index contributed by atoms with van der Waals surface area (Å²) in [5, 5.41) is 6.44. The Morgan fingerprint density at radius 3 is 2.58 bits per heavy atom. The summed E-state index contributed by atoms with van der Waals surface area (Å²) in [4.78, 5) is 20.6. The lowest BCUT2D eigenvalue weighted by Gasteiger charge is -2.08. The van der Waals surface area contributed by atoms with Gasteiger partial charge >= 0.3 is 0 Å². The lowest BCUT2D eigenvalue weighted by Crippen LogP contribution is -2.14. The van der Waals surface area contributed by atoms with E-state index in [2.05, 4.69) is 20.6 Å². The molecule has 0 bridgehead atoms. The number of nitrogens with zero attached hydrogens (tertiary/aromatic N) is 2. The molecule has 0 radical (unpaired) electrons. The van der Waals surface area contributed by atoms with Crippen molar-refractivity contribution in [3.05, 3.63) is 77.2 Å². The van der Waals surface area contributed by atoms with Crippen molar-refractivity contribution in [3.63, 3.8) is 0 Å². The minimum absolute atomic E-state index is 0.222. The summed E-state index contributed by atoms with van der Waals surface area (Å²) < 4.78 is 5.13. The van der Waals surface area contributed by atoms with Gasteiger partial charge in [0.1, 0.15) is 17.3 Å². The first kappa shape index (κ1) is 17.7. The molecule has 3 aromatic rings. The van der Waals surface area contributed by atoms with E-state index in [1.54, 1.807) is 31.4 Å². The molecular weight excluding hydrogens is 352 g/mol. The van der Waals surface area contributed by atoms with Crippen LogP contribution in [0, 0.1) is 0 Å². The van der Waals surface area contributed by atoms with E-state index < -0.39 is 0 Å². The Bertz CT molecular complexity index is 883. The van der Waals surface area contributed by atoms with Crippen LogP contribution in [0.2, 0.25) is 5.02 Å². The summed E-state index contributed by atoms with van der Waals surface area (Å²) in [6.07, 6.45) is 2.95. The molecule has 1 amide bonds. The molecule has 0 atom stereocenters. The molecule has 2 aromatic carbocycles. The number of benzene rings is 2. The van der Waals surface area contributed by atoms with Crippen LogP contribution >= 0.6 is 11.6 Å². The van der Waals surface area contributed by atoms with Gasteiger partial charge in [0.2, 0.25) is 0 Å². The maximum absolute atomic E-state index is 12.2. The second-order valence-corrected chi connectivity index (χ2v) is 5.89. The number of methoxy groups -OCH3 is 1. The zero-order valence-corrected chi connectivity index (χ0v) is 14.8. The van der Waals surface area contributed by atoms with E-state index in [1.165, 1.54) is 12.4 Å². The number of hydrogen-bond acceptors (Lipinski definition) is 5. The van der Waals surface area contributed by atoms with Crippen molar-refractivity contribution in [2.75, 3.05) is 17.7 Å². The topological polar surface area (TPSA) is 76.1 Å². The monoisotopic (exact) mass is 368 g/mol. The van der Waals surface area contributed by atoms with Gasteiger partial charge in [0.05, 0.1) is 19.5 Å². The number of rotatable bonds is 6. The normalized spacial score (nSPS) is 10.2. The van der Waals surface area contributed by atoms with Crippen molar-refractivity contribution in [1.29, 1.82) is 0 Å². The molecule has 0 saturated carbocycles. The van der Waals surface area contributed by atoms with Gasteiger partial charge in [0.15, 0.2) is 0 Å². The van der Waals surface area contributed by atoms with E-state index >= 15 is 0 Å². The number of nitrogens with one attached hydrogen (secondary N) is 2. The predicted molar refractivity (Wildman–Crippen MR) is 102 cm³/mol. The molecule has 0 spiro atoms. The third-order valence-electron chi connectivity index (χ3n) is 3.60. The van der Waals surface area contributed by atoms with Gasteiger partial charge in [-0.2, -0.15) is 0 Å². The van der Waals surface area contributed by atoms with E-state index in [9.17, 15) is 4.79 Å².